The first kappa shape index (κ1) is 14.5. The predicted molar refractivity (Wildman–Crippen MR) is 70.0 cm³/mol. The Morgan fingerprint density at radius 2 is 1.94 bits per heavy atom. The van der Waals surface area contributed by atoms with E-state index in [2.05, 4.69) is 0 Å². The maximum Gasteiger partial charge on any atom is 0.323 e. The van der Waals surface area contributed by atoms with Crippen LogP contribution in [0.3, 0.4) is 0 Å². The van der Waals surface area contributed by atoms with Crippen molar-refractivity contribution >= 4 is 29.2 Å². The standard InChI is InChI=1S/C12H15ClN2O3/c1-14(2)7-11(16)15(8-12(17)18)10-5-3-4-9(13)6-10/h3-6H,7-8H2,1-2H3,(H,17,18). The fourth-order valence-corrected chi connectivity index (χ4v) is 1.64. The average Bonchev–Trinajstić information content (AvgIpc) is 2.24. The highest BCUT2D eigenvalue weighted by Gasteiger charge is 2.19. The van der Waals surface area contributed by atoms with Crippen LogP contribution in [0, 0.1) is 0 Å². The molecule has 18 heavy (non-hydrogen) atoms. The third-order valence-electron chi connectivity index (χ3n) is 2.17. The van der Waals surface area contributed by atoms with E-state index < -0.39 is 5.97 Å². The number of carboxylic acid groups (broad SMARTS) is 1. The lowest BCUT2D eigenvalue weighted by atomic mass is 10.2. The van der Waals surface area contributed by atoms with E-state index >= 15 is 0 Å². The lowest BCUT2D eigenvalue weighted by Gasteiger charge is -2.22. The van der Waals surface area contributed by atoms with Gasteiger partial charge in [-0.25, -0.2) is 0 Å². The molecule has 1 aromatic carbocycles. The molecule has 6 heteroatoms. The molecule has 0 fully saturated rings. The molecule has 1 N–H and O–H groups in total. The van der Waals surface area contributed by atoms with E-state index in [1.54, 1.807) is 43.3 Å². The second kappa shape index (κ2) is 6.37. The maximum atomic E-state index is 12.0. The monoisotopic (exact) mass is 270 g/mol. The number of benzene rings is 1. The van der Waals surface area contributed by atoms with Crippen molar-refractivity contribution in [2.75, 3.05) is 32.1 Å². The zero-order chi connectivity index (χ0) is 13.7. The molecule has 1 amide bonds. The van der Waals surface area contributed by atoms with Gasteiger partial charge in [-0.05, 0) is 32.3 Å². The Hall–Kier alpha value is -1.59. The zero-order valence-electron chi connectivity index (χ0n) is 10.3. The summed E-state index contributed by atoms with van der Waals surface area (Å²) < 4.78 is 0. The molecule has 0 aliphatic rings. The number of hydrogen-bond acceptors (Lipinski definition) is 3. The molecule has 0 unspecified atom stereocenters. The first-order chi connectivity index (χ1) is 8.40. The van der Waals surface area contributed by atoms with Crippen molar-refractivity contribution in [2.24, 2.45) is 0 Å². The molecular formula is C12H15ClN2O3. The van der Waals surface area contributed by atoms with E-state index in [0.717, 1.165) is 0 Å². The van der Waals surface area contributed by atoms with E-state index in [1.165, 1.54) is 4.90 Å². The fraction of sp³-hybridized carbons (Fsp3) is 0.333. The Morgan fingerprint density at radius 3 is 2.44 bits per heavy atom. The number of aliphatic carboxylic acids is 1. The molecule has 0 aliphatic carbocycles. The Bertz CT molecular complexity index is 449. The third-order valence-corrected chi connectivity index (χ3v) is 2.40. The minimum Gasteiger partial charge on any atom is -0.480 e. The van der Waals surface area contributed by atoms with Gasteiger partial charge < -0.3 is 14.9 Å². The topological polar surface area (TPSA) is 60.9 Å². The molecule has 0 atom stereocenters. The quantitative estimate of drug-likeness (QED) is 0.877. The molecule has 0 bridgehead atoms. The van der Waals surface area contributed by atoms with Crippen LogP contribution in [0.15, 0.2) is 24.3 Å². The maximum absolute atomic E-state index is 12.0. The van der Waals surface area contributed by atoms with Crippen LogP contribution in [0.5, 0.6) is 0 Å². The van der Waals surface area contributed by atoms with Crippen molar-refractivity contribution in [3.63, 3.8) is 0 Å². The summed E-state index contributed by atoms with van der Waals surface area (Å²) in [7, 11) is 3.49. The number of amides is 1. The first-order valence-electron chi connectivity index (χ1n) is 5.32. The number of carbonyl (C=O) groups excluding carboxylic acids is 1. The molecule has 1 rings (SSSR count). The number of halogens is 1. The first-order valence-corrected chi connectivity index (χ1v) is 5.70. The van der Waals surface area contributed by atoms with Crippen LogP contribution in [0.1, 0.15) is 0 Å². The van der Waals surface area contributed by atoms with E-state index in [0.29, 0.717) is 10.7 Å². The smallest absolute Gasteiger partial charge is 0.323 e. The van der Waals surface area contributed by atoms with Crippen molar-refractivity contribution < 1.29 is 14.7 Å². The minimum absolute atomic E-state index is 0.139. The molecule has 0 radical (unpaired) electrons. The summed E-state index contributed by atoms with van der Waals surface area (Å²) in [5.41, 5.74) is 0.483. The van der Waals surface area contributed by atoms with Gasteiger partial charge in [0.1, 0.15) is 6.54 Å². The van der Waals surface area contributed by atoms with Crippen LogP contribution >= 0.6 is 11.6 Å². The second-order valence-corrected chi connectivity index (χ2v) is 4.53. The largest absolute Gasteiger partial charge is 0.480 e. The normalized spacial score (nSPS) is 10.4. The van der Waals surface area contributed by atoms with Crippen LogP contribution in [0.4, 0.5) is 5.69 Å². The number of likely N-dealkylation sites (N-methyl/N-ethyl adjacent to an activating group) is 1. The van der Waals surface area contributed by atoms with Crippen molar-refractivity contribution in [2.45, 2.75) is 0 Å². The third kappa shape index (κ3) is 4.35. The SMILES string of the molecule is CN(C)CC(=O)N(CC(=O)O)c1cccc(Cl)c1. The molecule has 0 heterocycles. The molecule has 0 saturated heterocycles. The Morgan fingerprint density at radius 1 is 1.28 bits per heavy atom. The summed E-state index contributed by atoms with van der Waals surface area (Å²) in [5, 5.41) is 9.32. The van der Waals surface area contributed by atoms with E-state index in [4.69, 9.17) is 16.7 Å². The molecule has 0 aliphatic heterocycles. The molecule has 0 aromatic heterocycles. The molecule has 0 spiro atoms. The van der Waals surface area contributed by atoms with Crippen LogP contribution in [-0.2, 0) is 9.59 Å². The lowest BCUT2D eigenvalue weighted by Crippen LogP contribution is -2.41. The number of nitrogens with zero attached hydrogens (tertiary/aromatic N) is 2. The number of rotatable bonds is 5. The summed E-state index contributed by atoms with van der Waals surface area (Å²) in [6.45, 7) is -0.243. The highest BCUT2D eigenvalue weighted by Crippen LogP contribution is 2.19. The Balaban J connectivity index is 2.97. The van der Waals surface area contributed by atoms with Crippen molar-refractivity contribution in [3.8, 4) is 0 Å². The van der Waals surface area contributed by atoms with E-state index in [1.807, 2.05) is 0 Å². The Labute approximate surface area is 111 Å². The van der Waals surface area contributed by atoms with E-state index in [9.17, 15) is 9.59 Å². The summed E-state index contributed by atoms with van der Waals surface area (Å²) in [4.78, 5) is 25.7. The molecule has 5 nitrogen and oxygen atoms in total. The van der Waals surface area contributed by atoms with Gasteiger partial charge in [-0.3, -0.25) is 9.59 Å². The number of carboxylic acids is 1. The van der Waals surface area contributed by atoms with Crippen molar-refractivity contribution in [1.29, 1.82) is 0 Å². The molecule has 0 saturated carbocycles. The van der Waals surface area contributed by atoms with Gasteiger partial charge in [0, 0.05) is 10.7 Å². The summed E-state index contributed by atoms with van der Waals surface area (Å²) >= 11 is 5.84. The number of hydrogen-bond donors (Lipinski definition) is 1. The van der Waals surface area contributed by atoms with Crippen LogP contribution in [-0.4, -0.2) is 49.1 Å². The average molecular weight is 271 g/mol. The highest BCUT2D eigenvalue weighted by atomic mass is 35.5. The summed E-state index contributed by atoms with van der Waals surface area (Å²) in [6, 6.07) is 6.57. The second-order valence-electron chi connectivity index (χ2n) is 4.09. The van der Waals surface area contributed by atoms with Gasteiger partial charge in [0.25, 0.3) is 0 Å². The van der Waals surface area contributed by atoms with Crippen molar-refractivity contribution in [3.05, 3.63) is 29.3 Å². The van der Waals surface area contributed by atoms with Crippen LogP contribution in [0.2, 0.25) is 5.02 Å². The Kier molecular flexibility index (Phi) is 5.12. The fourth-order valence-electron chi connectivity index (χ4n) is 1.46. The van der Waals surface area contributed by atoms with Crippen LogP contribution < -0.4 is 4.90 Å². The molecular weight excluding hydrogens is 256 g/mol. The summed E-state index contributed by atoms with van der Waals surface area (Å²) in [5.74, 6) is -1.35. The van der Waals surface area contributed by atoms with Gasteiger partial charge in [-0.1, -0.05) is 17.7 Å². The molecule has 1 aromatic rings. The van der Waals surface area contributed by atoms with E-state index in [-0.39, 0.29) is 19.0 Å². The predicted octanol–water partition coefficient (Wildman–Crippen LogP) is 1.32. The summed E-state index contributed by atoms with van der Waals surface area (Å²) in [6.07, 6.45) is 0. The van der Waals surface area contributed by atoms with Gasteiger partial charge in [0.15, 0.2) is 0 Å². The van der Waals surface area contributed by atoms with Gasteiger partial charge >= 0.3 is 5.97 Å². The number of carbonyl (C=O) groups is 2. The number of anilines is 1. The minimum atomic E-state index is -1.07. The van der Waals surface area contributed by atoms with Gasteiger partial charge in [0.05, 0.1) is 6.54 Å². The molecule has 98 valence electrons. The van der Waals surface area contributed by atoms with Crippen molar-refractivity contribution in [1.82, 2.24) is 4.90 Å². The van der Waals surface area contributed by atoms with Crippen LogP contribution in [0.25, 0.3) is 0 Å². The highest BCUT2D eigenvalue weighted by molar-refractivity contribution is 6.30. The zero-order valence-corrected chi connectivity index (χ0v) is 11.0. The lowest BCUT2D eigenvalue weighted by molar-refractivity contribution is -0.136. The van der Waals surface area contributed by atoms with Gasteiger partial charge in [-0.15, -0.1) is 0 Å². The van der Waals surface area contributed by atoms with Gasteiger partial charge in [-0.2, -0.15) is 0 Å². The van der Waals surface area contributed by atoms with Gasteiger partial charge in [0.2, 0.25) is 5.91 Å².